The molecule has 0 aliphatic heterocycles. The molecule has 2 aromatic rings. The molecule has 148 valence electrons. The topological polar surface area (TPSA) is 118 Å². The van der Waals surface area contributed by atoms with Gasteiger partial charge in [-0.15, -0.1) is 0 Å². The van der Waals surface area contributed by atoms with Crippen LogP contribution in [0.2, 0.25) is 5.02 Å². The van der Waals surface area contributed by atoms with Crippen molar-refractivity contribution in [2.45, 2.75) is 20.0 Å². The van der Waals surface area contributed by atoms with Crippen LogP contribution in [0.4, 0.5) is 4.39 Å². The minimum atomic E-state index is -3.87. The zero-order valence-corrected chi connectivity index (χ0v) is 16.6. The molecule has 0 radical (unpaired) electrons. The van der Waals surface area contributed by atoms with Gasteiger partial charge in [0.05, 0.1) is 29.1 Å². The molecule has 0 aliphatic carbocycles. The fourth-order valence-corrected chi connectivity index (χ4v) is 2.67. The molecule has 2 rings (SSSR count). The number of amides is 1. The Labute approximate surface area is 165 Å². The number of carbonyl (C=O) groups is 1. The van der Waals surface area contributed by atoms with E-state index in [1.54, 1.807) is 18.6 Å². The van der Waals surface area contributed by atoms with Gasteiger partial charge < -0.3 is 9.47 Å². The number of ether oxygens (including phenoxy) is 2. The van der Waals surface area contributed by atoms with Crippen LogP contribution < -0.4 is 14.2 Å². The van der Waals surface area contributed by atoms with Crippen molar-refractivity contribution in [1.82, 2.24) is 9.71 Å². The molecule has 0 unspecified atom stereocenters. The highest BCUT2D eigenvalue weighted by molar-refractivity contribution is 7.89. The Bertz CT molecular complexity index is 1070. The molecule has 8 nitrogen and oxygen atoms in total. The second kappa shape index (κ2) is 8.41. The van der Waals surface area contributed by atoms with Crippen LogP contribution in [0.1, 0.15) is 29.8 Å². The summed E-state index contributed by atoms with van der Waals surface area (Å²) >= 11 is 6.01. The van der Waals surface area contributed by atoms with Crippen molar-refractivity contribution < 1.29 is 27.1 Å². The lowest BCUT2D eigenvalue weighted by Gasteiger charge is -2.13. The molecule has 0 saturated carbocycles. The van der Waals surface area contributed by atoms with Gasteiger partial charge in [-0.2, -0.15) is 5.26 Å². The minimum Gasteiger partial charge on any atom is -0.474 e. The van der Waals surface area contributed by atoms with Crippen LogP contribution >= 0.6 is 11.6 Å². The van der Waals surface area contributed by atoms with E-state index in [4.69, 9.17) is 21.1 Å². The summed E-state index contributed by atoms with van der Waals surface area (Å²) in [6.45, 7) is 3.55. The SMILES string of the molecule is CC(C)Oc1ncc(Oc2cc(F)c(C(=O)NS(C)(=O)=O)cc2Cl)cc1C#N. The first kappa shape index (κ1) is 21.4. The number of sulfonamides is 1. The van der Waals surface area contributed by atoms with Crippen molar-refractivity contribution in [3.05, 3.63) is 46.4 Å². The summed E-state index contributed by atoms with van der Waals surface area (Å²) in [5, 5.41) is 9.05. The van der Waals surface area contributed by atoms with Gasteiger partial charge in [-0.25, -0.2) is 22.5 Å². The van der Waals surface area contributed by atoms with E-state index < -0.39 is 27.3 Å². The number of nitrogens with one attached hydrogen (secondary N) is 1. The van der Waals surface area contributed by atoms with Gasteiger partial charge in [0.2, 0.25) is 15.9 Å². The molecule has 1 aromatic carbocycles. The molecular weight excluding hydrogens is 413 g/mol. The van der Waals surface area contributed by atoms with Crippen LogP contribution in [0.3, 0.4) is 0 Å². The van der Waals surface area contributed by atoms with E-state index in [-0.39, 0.29) is 34.1 Å². The summed E-state index contributed by atoms with van der Waals surface area (Å²) < 4.78 is 48.9. The van der Waals surface area contributed by atoms with Gasteiger partial charge in [-0.05, 0) is 19.9 Å². The normalized spacial score (nSPS) is 11.0. The Morgan fingerprint density at radius 2 is 2.04 bits per heavy atom. The predicted octanol–water partition coefficient (Wildman–Crippen LogP) is 3.01. The molecule has 11 heteroatoms. The molecule has 28 heavy (non-hydrogen) atoms. The largest absolute Gasteiger partial charge is 0.474 e. The number of aromatic nitrogens is 1. The lowest BCUT2D eigenvalue weighted by molar-refractivity contribution is 0.0977. The number of carbonyl (C=O) groups excluding carboxylic acids is 1. The summed E-state index contributed by atoms with van der Waals surface area (Å²) in [7, 11) is -3.87. The number of benzene rings is 1. The number of rotatable bonds is 6. The summed E-state index contributed by atoms with van der Waals surface area (Å²) in [5.41, 5.74) is -0.466. The van der Waals surface area contributed by atoms with Crippen molar-refractivity contribution in [3.8, 4) is 23.4 Å². The van der Waals surface area contributed by atoms with Gasteiger partial charge in [0.15, 0.2) is 0 Å². The molecule has 1 heterocycles. The molecule has 0 fully saturated rings. The average Bonchev–Trinajstić information content (AvgIpc) is 2.57. The highest BCUT2D eigenvalue weighted by atomic mass is 35.5. The third kappa shape index (κ3) is 5.55. The predicted molar refractivity (Wildman–Crippen MR) is 98.5 cm³/mol. The minimum absolute atomic E-state index is 0.0855. The van der Waals surface area contributed by atoms with Gasteiger partial charge in [0.25, 0.3) is 5.91 Å². The van der Waals surface area contributed by atoms with Gasteiger partial charge in [-0.3, -0.25) is 4.79 Å². The molecule has 1 aromatic heterocycles. The van der Waals surface area contributed by atoms with E-state index in [1.165, 1.54) is 12.3 Å². The number of nitriles is 1. The van der Waals surface area contributed by atoms with E-state index in [2.05, 4.69) is 4.98 Å². The zero-order valence-electron chi connectivity index (χ0n) is 15.0. The molecule has 1 N–H and O–H groups in total. The number of hydrogen-bond donors (Lipinski definition) is 1. The first-order chi connectivity index (χ1) is 13.0. The van der Waals surface area contributed by atoms with Crippen molar-refractivity contribution in [1.29, 1.82) is 5.26 Å². The monoisotopic (exact) mass is 427 g/mol. The van der Waals surface area contributed by atoms with Crippen LogP contribution in [0.5, 0.6) is 17.4 Å². The maximum atomic E-state index is 14.2. The Balaban J connectivity index is 2.31. The molecule has 0 spiro atoms. The molecule has 0 aliphatic rings. The van der Waals surface area contributed by atoms with E-state index >= 15 is 0 Å². The number of halogens is 2. The van der Waals surface area contributed by atoms with Gasteiger partial charge in [0, 0.05) is 12.1 Å². The lowest BCUT2D eigenvalue weighted by Crippen LogP contribution is -2.30. The molecular formula is C17H15ClFN3O5S. The highest BCUT2D eigenvalue weighted by Gasteiger charge is 2.19. The summed E-state index contributed by atoms with van der Waals surface area (Å²) in [6.07, 6.45) is 1.83. The van der Waals surface area contributed by atoms with Gasteiger partial charge >= 0.3 is 0 Å². The Morgan fingerprint density at radius 1 is 1.36 bits per heavy atom. The molecule has 1 amide bonds. The van der Waals surface area contributed by atoms with Crippen LogP contribution in [0.15, 0.2) is 24.4 Å². The van der Waals surface area contributed by atoms with E-state index in [1.807, 2.05) is 6.07 Å². The smallest absolute Gasteiger partial charge is 0.267 e. The fraction of sp³-hybridized carbons (Fsp3) is 0.235. The van der Waals surface area contributed by atoms with Crippen molar-refractivity contribution in [2.75, 3.05) is 6.26 Å². The maximum absolute atomic E-state index is 14.2. The Hall–Kier alpha value is -2.90. The Kier molecular flexibility index (Phi) is 6.43. The Morgan fingerprint density at radius 3 is 2.61 bits per heavy atom. The first-order valence-electron chi connectivity index (χ1n) is 7.76. The third-order valence-corrected chi connectivity index (χ3v) is 3.92. The second-order valence-electron chi connectivity index (χ2n) is 5.87. The molecule has 0 atom stereocenters. The molecule has 0 saturated heterocycles. The first-order valence-corrected chi connectivity index (χ1v) is 10.0. The summed E-state index contributed by atoms with van der Waals surface area (Å²) in [5.74, 6) is -2.17. The standard InChI is InChI=1S/C17H15ClFN3O5S/c1-9(2)26-17-10(7-20)4-11(8-21-17)27-15-6-14(19)12(5-13(15)18)16(23)22-28(3,24)25/h4-6,8-9H,1-3H3,(H,22,23). The van der Waals surface area contributed by atoms with Crippen LogP contribution in [0.25, 0.3) is 0 Å². The number of nitrogens with zero attached hydrogens (tertiary/aromatic N) is 2. The number of hydrogen-bond acceptors (Lipinski definition) is 7. The third-order valence-electron chi connectivity index (χ3n) is 3.07. The zero-order chi connectivity index (χ0) is 21.1. The molecule has 0 bridgehead atoms. The van der Waals surface area contributed by atoms with E-state index in [9.17, 15) is 22.9 Å². The maximum Gasteiger partial charge on any atom is 0.267 e. The highest BCUT2D eigenvalue weighted by Crippen LogP contribution is 2.33. The summed E-state index contributed by atoms with van der Waals surface area (Å²) in [6, 6.07) is 5.01. The van der Waals surface area contributed by atoms with Crippen molar-refractivity contribution in [2.24, 2.45) is 0 Å². The van der Waals surface area contributed by atoms with Crippen molar-refractivity contribution in [3.63, 3.8) is 0 Å². The van der Waals surface area contributed by atoms with Crippen molar-refractivity contribution >= 4 is 27.5 Å². The van der Waals surface area contributed by atoms with E-state index in [0.29, 0.717) is 0 Å². The summed E-state index contributed by atoms with van der Waals surface area (Å²) in [4.78, 5) is 15.8. The van der Waals surface area contributed by atoms with Gasteiger partial charge in [0.1, 0.15) is 28.9 Å². The quantitative estimate of drug-likeness (QED) is 0.752. The van der Waals surface area contributed by atoms with Gasteiger partial charge in [-0.1, -0.05) is 11.6 Å². The lowest BCUT2D eigenvalue weighted by atomic mass is 10.2. The average molecular weight is 428 g/mol. The van der Waals surface area contributed by atoms with Crippen LogP contribution in [-0.4, -0.2) is 31.7 Å². The number of pyridine rings is 1. The van der Waals surface area contributed by atoms with Crippen LogP contribution in [-0.2, 0) is 10.0 Å². The fourth-order valence-electron chi connectivity index (χ4n) is 2.02. The van der Waals surface area contributed by atoms with Crippen LogP contribution in [0, 0.1) is 17.1 Å². The van der Waals surface area contributed by atoms with E-state index in [0.717, 1.165) is 18.4 Å². The second-order valence-corrected chi connectivity index (χ2v) is 8.03.